The SMILES string of the molecule is CC(=O)OCCOc1ccc(C(=O)N2CC(=O)N(Cc3nnc(-c4cccc(F)c4)o3)Cc3ccccc32)c(Cl)c1. The quantitative estimate of drug-likeness (QED) is 0.219. The van der Waals surface area contributed by atoms with Crippen molar-refractivity contribution in [1.29, 1.82) is 0 Å². The number of fused-ring (bicyclic) bond motifs is 1. The highest BCUT2D eigenvalue weighted by Crippen LogP contribution is 2.31. The second-order valence-electron chi connectivity index (χ2n) is 9.11. The first-order chi connectivity index (χ1) is 19.8. The Bertz CT molecular complexity index is 1610. The second kappa shape index (κ2) is 12.2. The molecule has 0 saturated heterocycles. The van der Waals surface area contributed by atoms with E-state index in [0.717, 1.165) is 5.56 Å². The van der Waals surface area contributed by atoms with Crippen molar-refractivity contribution in [3.05, 3.63) is 94.6 Å². The fourth-order valence-electron chi connectivity index (χ4n) is 4.32. The van der Waals surface area contributed by atoms with Gasteiger partial charge in [-0.2, -0.15) is 0 Å². The molecule has 0 radical (unpaired) electrons. The van der Waals surface area contributed by atoms with E-state index in [0.29, 0.717) is 17.0 Å². The minimum atomic E-state index is -0.463. The average Bonchev–Trinajstić information content (AvgIpc) is 3.37. The van der Waals surface area contributed by atoms with E-state index in [1.165, 1.54) is 47.1 Å². The number of carbonyl (C=O) groups excluding carboxylic acids is 3. The van der Waals surface area contributed by atoms with Gasteiger partial charge in [-0.3, -0.25) is 19.3 Å². The van der Waals surface area contributed by atoms with Crippen LogP contribution in [0.4, 0.5) is 10.1 Å². The number of halogens is 2. The molecule has 1 aromatic heterocycles. The number of hydrogen-bond acceptors (Lipinski definition) is 8. The highest BCUT2D eigenvalue weighted by molar-refractivity contribution is 6.34. The third-order valence-electron chi connectivity index (χ3n) is 6.23. The van der Waals surface area contributed by atoms with Crippen LogP contribution < -0.4 is 9.64 Å². The summed E-state index contributed by atoms with van der Waals surface area (Å²) in [4.78, 5) is 40.9. The number of esters is 1. The van der Waals surface area contributed by atoms with Crippen molar-refractivity contribution in [3.8, 4) is 17.2 Å². The van der Waals surface area contributed by atoms with Crippen LogP contribution in [0.2, 0.25) is 5.02 Å². The molecule has 0 aliphatic carbocycles. The second-order valence-corrected chi connectivity index (χ2v) is 9.52. The van der Waals surface area contributed by atoms with Gasteiger partial charge < -0.3 is 18.8 Å². The number of aromatic nitrogens is 2. The number of nitrogens with zero attached hydrogens (tertiary/aromatic N) is 4. The zero-order valence-corrected chi connectivity index (χ0v) is 22.6. The summed E-state index contributed by atoms with van der Waals surface area (Å²) >= 11 is 6.45. The van der Waals surface area contributed by atoms with Gasteiger partial charge in [0.25, 0.3) is 5.91 Å². The lowest BCUT2D eigenvalue weighted by molar-refractivity contribution is -0.141. The number of ether oxygens (including phenoxy) is 2. The maximum absolute atomic E-state index is 13.7. The minimum Gasteiger partial charge on any atom is -0.490 e. The van der Waals surface area contributed by atoms with Crippen LogP contribution >= 0.6 is 11.6 Å². The van der Waals surface area contributed by atoms with Gasteiger partial charge in [-0.15, -0.1) is 10.2 Å². The number of carbonyl (C=O) groups is 3. The minimum absolute atomic E-state index is 0.00233. The molecule has 1 aliphatic heterocycles. The molecule has 3 aromatic carbocycles. The first-order valence-corrected chi connectivity index (χ1v) is 13.0. The first kappa shape index (κ1) is 27.8. The van der Waals surface area contributed by atoms with Crippen molar-refractivity contribution < 1.29 is 32.7 Å². The van der Waals surface area contributed by atoms with Crippen molar-refractivity contribution in [3.63, 3.8) is 0 Å². The number of anilines is 1. The Kier molecular flexibility index (Phi) is 8.25. The van der Waals surface area contributed by atoms with Crippen LogP contribution in [0.25, 0.3) is 11.5 Å². The molecule has 5 rings (SSSR count). The third-order valence-corrected chi connectivity index (χ3v) is 6.54. The summed E-state index contributed by atoms with van der Waals surface area (Å²) in [7, 11) is 0. The van der Waals surface area contributed by atoms with Crippen molar-refractivity contribution in [1.82, 2.24) is 15.1 Å². The first-order valence-electron chi connectivity index (χ1n) is 12.6. The summed E-state index contributed by atoms with van der Waals surface area (Å²) in [6, 6.07) is 17.6. The molecule has 210 valence electrons. The molecule has 0 fully saturated rings. The van der Waals surface area contributed by atoms with Crippen LogP contribution in [0.1, 0.15) is 28.7 Å². The van der Waals surface area contributed by atoms with Crippen LogP contribution in [-0.2, 0) is 27.4 Å². The maximum atomic E-state index is 13.7. The number of benzene rings is 3. The zero-order valence-electron chi connectivity index (χ0n) is 21.9. The smallest absolute Gasteiger partial charge is 0.302 e. The Morgan fingerprint density at radius 1 is 1.02 bits per heavy atom. The Balaban J connectivity index is 1.33. The van der Waals surface area contributed by atoms with E-state index < -0.39 is 17.7 Å². The van der Waals surface area contributed by atoms with E-state index in [1.807, 2.05) is 12.1 Å². The average molecular weight is 579 g/mol. The monoisotopic (exact) mass is 578 g/mol. The van der Waals surface area contributed by atoms with Gasteiger partial charge in [-0.05, 0) is 48.0 Å². The van der Waals surface area contributed by atoms with Crippen molar-refractivity contribution in [2.24, 2.45) is 0 Å². The largest absolute Gasteiger partial charge is 0.490 e. The molecule has 2 heterocycles. The van der Waals surface area contributed by atoms with E-state index in [2.05, 4.69) is 10.2 Å². The molecule has 0 atom stereocenters. The highest BCUT2D eigenvalue weighted by atomic mass is 35.5. The summed E-state index contributed by atoms with van der Waals surface area (Å²) in [5, 5.41) is 8.15. The number of para-hydroxylation sites is 1. The van der Waals surface area contributed by atoms with Gasteiger partial charge in [-0.25, -0.2) is 4.39 Å². The lowest BCUT2D eigenvalue weighted by Gasteiger charge is -2.23. The normalized spacial score (nSPS) is 13.0. The van der Waals surface area contributed by atoms with Crippen molar-refractivity contribution in [2.75, 3.05) is 24.7 Å². The molecule has 10 nitrogen and oxygen atoms in total. The van der Waals surface area contributed by atoms with E-state index in [9.17, 15) is 18.8 Å². The topological polar surface area (TPSA) is 115 Å². The maximum Gasteiger partial charge on any atom is 0.302 e. The molecule has 0 saturated carbocycles. The molecule has 41 heavy (non-hydrogen) atoms. The zero-order chi connectivity index (χ0) is 28.9. The van der Waals surface area contributed by atoms with Crippen molar-refractivity contribution >= 4 is 35.1 Å². The molecular weight excluding hydrogens is 555 g/mol. The molecule has 0 unspecified atom stereocenters. The molecule has 2 amide bonds. The van der Waals surface area contributed by atoms with Gasteiger partial charge in [0.2, 0.25) is 17.7 Å². The van der Waals surface area contributed by atoms with Crippen LogP contribution in [-0.4, -0.2) is 52.6 Å². The summed E-state index contributed by atoms with van der Waals surface area (Å²) in [6.45, 7) is 1.44. The molecule has 0 N–H and O–H groups in total. The van der Waals surface area contributed by atoms with E-state index in [-0.39, 0.29) is 61.1 Å². The Morgan fingerprint density at radius 3 is 2.63 bits per heavy atom. The van der Waals surface area contributed by atoms with Crippen LogP contribution in [0.15, 0.2) is 71.1 Å². The summed E-state index contributed by atoms with van der Waals surface area (Å²) in [5.41, 5.74) is 1.91. The fourth-order valence-corrected chi connectivity index (χ4v) is 4.57. The Labute approximate surface area is 239 Å². The highest BCUT2D eigenvalue weighted by Gasteiger charge is 2.31. The summed E-state index contributed by atoms with van der Waals surface area (Å²) in [5.74, 6) is -0.960. The third kappa shape index (κ3) is 6.52. The lowest BCUT2D eigenvalue weighted by Crippen LogP contribution is -2.40. The van der Waals surface area contributed by atoms with Crippen LogP contribution in [0.5, 0.6) is 5.75 Å². The van der Waals surface area contributed by atoms with Crippen LogP contribution in [0.3, 0.4) is 0 Å². The predicted molar refractivity (Wildman–Crippen MR) is 146 cm³/mol. The van der Waals surface area contributed by atoms with Gasteiger partial charge in [0.05, 0.1) is 17.1 Å². The number of hydrogen-bond donors (Lipinski definition) is 0. The number of amides is 2. The molecular formula is C29H24ClFN4O6. The molecule has 1 aliphatic rings. The Hall–Kier alpha value is -4.77. The molecule has 0 spiro atoms. The van der Waals surface area contributed by atoms with Gasteiger partial charge in [0, 0.05) is 24.7 Å². The summed E-state index contributed by atoms with van der Waals surface area (Å²) in [6.07, 6.45) is 0. The standard InChI is InChI=1S/C29H24ClFN4O6/c1-18(36)39-11-12-40-22-9-10-23(24(30)14-22)29(38)35-17-27(37)34(15-20-5-2-3-8-25(20)35)16-26-32-33-28(41-26)19-6-4-7-21(31)13-19/h2-10,13-14H,11-12,15-17H2,1H3. The van der Waals surface area contributed by atoms with Gasteiger partial charge in [0.15, 0.2) is 0 Å². The Morgan fingerprint density at radius 2 is 1.85 bits per heavy atom. The summed E-state index contributed by atoms with van der Waals surface area (Å²) < 4.78 is 29.7. The van der Waals surface area contributed by atoms with Gasteiger partial charge in [-0.1, -0.05) is 35.9 Å². The van der Waals surface area contributed by atoms with Crippen molar-refractivity contribution in [2.45, 2.75) is 20.0 Å². The van der Waals surface area contributed by atoms with E-state index in [1.54, 1.807) is 24.3 Å². The fraction of sp³-hybridized carbons (Fsp3) is 0.207. The molecule has 12 heteroatoms. The number of rotatable bonds is 8. The van der Waals surface area contributed by atoms with E-state index in [4.69, 9.17) is 25.5 Å². The van der Waals surface area contributed by atoms with Gasteiger partial charge >= 0.3 is 5.97 Å². The van der Waals surface area contributed by atoms with Crippen LogP contribution in [0, 0.1) is 5.82 Å². The van der Waals surface area contributed by atoms with E-state index >= 15 is 0 Å². The molecule has 0 bridgehead atoms. The predicted octanol–water partition coefficient (Wildman–Crippen LogP) is 4.66. The lowest BCUT2D eigenvalue weighted by atomic mass is 10.1. The molecule has 4 aromatic rings. The van der Waals surface area contributed by atoms with Gasteiger partial charge in [0.1, 0.15) is 31.3 Å².